The van der Waals surface area contributed by atoms with Crippen LogP contribution >= 0.6 is 0 Å². The van der Waals surface area contributed by atoms with E-state index < -0.39 is 8.07 Å². The molecular weight excluding hydrogens is 875 g/mol. The van der Waals surface area contributed by atoms with Crippen molar-refractivity contribution < 1.29 is 4.42 Å². The van der Waals surface area contributed by atoms with Crippen LogP contribution in [0, 0.1) is 0 Å². The van der Waals surface area contributed by atoms with Crippen LogP contribution in [0.5, 0.6) is 0 Å². The number of furan rings is 1. The van der Waals surface area contributed by atoms with Crippen molar-refractivity contribution in [1.82, 2.24) is 0 Å². The van der Waals surface area contributed by atoms with E-state index in [9.17, 15) is 0 Å². The topological polar surface area (TPSA) is 16.4 Å². The van der Waals surface area contributed by atoms with Gasteiger partial charge in [-0.1, -0.05) is 206 Å². The lowest BCUT2D eigenvalue weighted by Crippen LogP contribution is -2.72. The molecule has 2 nitrogen and oxygen atoms in total. The van der Waals surface area contributed by atoms with E-state index in [0.717, 1.165) is 39.0 Å². The molecule has 0 saturated carbocycles. The molecule has 0 N–H and O–H groups in total. The molecule has 1 aliphatic heterocycles. The third-order valence-corrected chi connectivity index (χ3v) is 20.5. The highest BCUT2D eigenvalue weighted by Gasteiger charge is 2.48. The molecule has 71 heavy (non-hydrogen) atoms. The molecule has 3 heteroatoms. The summed E-state index contributed by atoms with van der Waals surface area (Å²) >= 11 is 0. The van der Waals surface area contributed by atoms with Gasteiger partial charge in [0.1, 0.15) is 11.2 Å². The number of hydrogen-bond donors (Lipinski definition) is 0. The van der Waals surface area contributed by atoms with Crippen molar-refractivity contribution in [2.24, 2.45) is 0 Å². The van der Waals surface area contributed by atoms with Gasteiger partial charge in [0.25, 0.3) is 0 Å². The minimum absolute atomic E-state index is 0.274. The van der Waals surface area contributed by atoms with Gasteiger partial charge in [0.05, 0.1) is 0 Å². The molecule has 0 spiro atoms. The van der Waals surface area contributed by atoms with Crippen molar-refractivity contribution in [2.45, 2.75) is 12.3 Å². The predicted molar refractivity (Wildman–Crippen MR) is 299 cm³/mol. The highest BCUT2D eigenvalue weighted by Crippen LogP contribution is 2.53. The fourth-order valence-corrected chi connectivity index (χ4v) is 17.5. The summed E-state index contributed by atoms with van der Waals surface area (Å²) in [6, 6.07) is 99.0. The first-order chi connectivity index (χ1) is 35.1. The average molecular weight is 922 g/mol. The van der Waals surface area contributed by atoms with Gasteiger partial charge in [-0.25, -0.2) is 0 Å². The first-order valence-electron chi connectivity index (χ1n) is 24.7. The summed E-state index contributed by atoms with van der Waals surface area (Å²) < 4.78 is 6.55. The minimum Gasteiger partial charge on any atom is -0.456 e. The minimum atomic E-state index is -2.78. The predicted octanol–water partition coefficient (Wildman–Crippen LogP) is 15.1. The second-order valence-electron chi connectivity index (χ2n) is 19.3. The molecule has 334 valence electrons. The number of nitrogens with zero attached hydrogens (tertiary/aromatic N) is 1. The molecule has 0 saturated heterocycles. The summed E-state index contributed by atoms with van der Waals surface area (Å²) in [4.78, 5) is 2.44. The van der Waals surface area contributed by atoms with Gasteiger partial charge in [-0.3, -0.25) is 0 Å². The summed E-state index contributed by atoms with van der Waals surface area (Å²) in [5.41, 5.74) is 18.7. The summed E-state index contributed by atoms with van der Waals surface area (Å²) in [6.45, 7) is 2.39. The van der Waals surface area contributed by atoms with Crippen molar-refractivity contribution in [3.05, 3.63) is 284 Å². The summed E-state index contributed by atoms with van der Waals surface area (Å²) in [5.74, 6) is 0. The average Bonchev–Trinajstić information content (AvgIpc) is 4.06. The molecule has 2 aliphatic rings. The zero-order valence-corrected chi connectivity index (χ0v) is 40.3. The monoisotopic (exact) mass is 921 g/mol. The van der Waals surface area contributed by atoms with Gasteiger partial charge in [0, 0.05) is 33.2 Å². The van der Waals surface area contributed by atoms with Crippen LogP contribution in [0.4, 0.5) is 17.1 Å². The molecule has 14 rings (SSSR count). The van der Waals surface area contributed by atoms with Crippen LogP contribution in [0.25, 0.3) is 66.4 Å². The van der Waals surface area contributed by atoms with Gasteiger partial charge in [0.15, 0.2) is 8.07 Å². The number of fused-ring (bicyclic) bond motifs is 9. The van der Waals surface area contributed by atoms with E-state index in [1.54, 1.807) is 0 Å². The molecule has 1 atom stereocenters. The summed E-state index contributed by atoms with van der Waals surface area (Å²) in [6.07, 6.45) is 0. The van der Waals surface area contributed by atoms with Gasteiger partial charge in [0.2, 0.25) is 0 Å². The highest BCUT2D eigenvalue weighted by molar-refractivity contribution is 7.22. The maximum absolute atomic E-state index is 6.55. The van der Waals surface area contributed by atoms with E-state index in [1.165, 1.54) is 81.9 Å². The zero-order chi connectivity index (χ0) is 47.1. The standard InChI is InChI=1S/C68H47NOSi/c1-68(50-20-7-3-8-21-50)62-29-14-11-26-56(62)57-39-34-49(43-63(57)68)47-32-36-51(37-33-47)69(53-38-41-65-61(45-53)60-42-48(35-40-64(60)70-65)46-18-5-2-6-19-46)52-22-17-25-55(44-52)71(54-23-9-4-10-24-54)66-30-15-12-27-58(66)59-28-13-16-31-67(59)71/h2-45H,1H3. The SMILES string of the molecule is CC1(c2ccccc2)c2ccccc2-c2ccc(-c3ccc(N(c4cccc([Si]5(c6ccccc6)c6ccccc6-c6ccccc65)c4)c4ccc5oc6ccc(-c7ccccc7)cc6c5c4)cc3)cc21. The lowest BCUT2D eigenvalue weighted by atomic mass is 9.74. The van der Waals surface area contributed by atoms with Gasteiger partial charge in [-0.2, -0.15) is 0 Å². The Bertz CT molecular complexity index is 3960. The van der Waals surface area contributed by atoms with E-state index in [-0.39, 0.29) is 5.41 Å². The second kappa shape index (κ2) is 16.2. The Balaban J connectivity index is 0.944. The molecule has 11 aromatic carbocycles. The number of rotatable bonds is 8. The normalized spacial score (nSPS) is 15.0. The highest BCUT2D eigenvalue weighted by atomic mass is 28.3. The largest absolute Gasteiger partial charge is 0.456 e. The lowest BCUT2D eigenvalue weighted by molar-refractivity contribution is 0.669. The van der Waals surface area contributed by atoms with Crippen molar-refractivity contribution in [2.75, 3.05) is 4.90 Å². The number of benzene rings is 11. The molecule has 0 fully saturated rings. The van der Waals surface area contributed by atoms with E-state index >= 15 is 0 Å². The maximum atomic E-state index is 6.55. The Morgan fingerprint density at radius 2 is 0.845 bits per heavy atom. The molecule has 12 aromatic rings. The molecule has 2 heterocycles. The third kappa shape index (κ3) is 6.26. The molecule has 0 amide bonds. The van der Waals surface area contributed by atoms with Gasteiger partial charge in [-0.05, 0) is 150 Å². The van der Waals surface area contributed by atoms with Crippen molar-refractivity contribution in [1.29, 1.82) is 0 Å². The van der Waals surface area contributed by atoms with Crippen molar-refractivity contribution in [3.63, 3.8) is 0 Å². The number of anilines is 3. The van der Waals surface area contributed by atoms with Crippen LogP contribution in [-0.2, 0) is 5.41 Å². The van der Waals surface area contributed by atoms with Gasteiger partial charge in [-0.15, -0.1) is 0 Å². The second-order valence-corrected chi connectivity index (χ2v) is 23.0. The van der Waals surface area contributed by atoms with Crippen LogP contribution in [0.15, 0.2) is 271 Å². The van der Waals surface area contributed by atoms with Crippen LogP contribution < -0.4 is 25.6 Å². The Hall–Kier alpha value is -8.76. The molecule has 1 unspecified atom stereocenters. The zero-order valence-electron chi connectivity index (χ0n) is 39.3. The number of hydrogen-bond acceptors (Lipinski definition) is 2. The van der Waals surface area contributed by atoms with Gasteiger partial charge >= 0.3 is 0 Å². The van der Waals surface area contributed by atoms with Crippen LogP contribution in [-0.4, -0.2) is 8.07 Å². The molecule has 1 aromatic heterocycles. The van der Waals surface area contributed by atoms with E-state index in [0.29, 0.717) is 0 Å². The summed E-state index contributed by atoms with van der Waals surface area (Å²) in [7, 11) is -2.78. The Morgan fingerprint density at radius 3 is 1.58 bits per heavy atom. The third-order valence-electron chi connectivity index (χ3n) is 15.6. The van der Waals surface area contributed by atoms with E-state index in [4.69, 9.17) is 4.42 Å². The van der Waals surface area contributed by atoms with E-state index in [2.05, 4.69) is 279 Å². The van der Waals surface area contributed by atoms with Crippen LogP contribution in [0.3, 0.4) is 0 Å². The van der Waals surface area contributed by atoms with Crippen LogP contribution in [0.1, 0.15) is 23.6 Å². The quantitative estimate of drug-likeness (QED) is 0.141. The summed E-state index contributed by atoms with van der Waals surface area (Å²) in [5, 5.41) is 7.78. The van der Waals surface area contributed by atoms with Gasteiger partial charge < -0.3 is 9.32 Å². The molecule has 1 aliphatic carbocycles. The smallest absolute Gasteiger partial charge is 0.180 e. The molecule has 0 radical (unpaired) electrons. The van der Waals surface area contributed by atoms with Crippen molar-refractivity contribution >= 4 is 67.8 Å². The molecule has 0 bridgehead atoms. The Kier molecular flexibility index (Phi) is 9.39. The first kappa shape index (κ1) is 41.2. The van der Waals surface area contributed by atoms with Crippen molar-refractivity contribution in [3.8, 4) is 44.5 Å². The lowest BCUT2D eigenvalue weighted by Gasteiger charge is -2.33. The molecular formula is C68H47NOSi. The Labute approximate surface area is 415 Å². The van der Waals surface area contributed by atoms with E-state index in [1.807, 2.05) is 0 Å². The van der Waals surface area contributed by atoms with Crippen LogP contribution in [0.2, 0.25) is 0 Å². The first-order valence-corrected chi connectivity index (χ1v) is 26.7. The Morgan fingerprint density at radius 1 is 0.338 bits per heavy atom. The fourth-order valence-electron chi connectivity index (χ4n) is 12.3. The fraction of sp³-hybridized carbons (Fsp3) is 0.0294. The maximum Gasteiger partial charge on any atom is 0.180 e.